The Balaban J connectivity index is 2.70. The summed E-state index contributed by atoms with van der Waals surface area (Å²) in [7, 11) is 0. The van der Waals surface area contributed by atoms with E-state index in [2.05, 4.69) is 15.9 Å². The maximum absolute atomic E-state index is 11.4. The fraction of sp³-hybridized carbons (Fsp3) is 0.417. The predicted molar refractivity (Wildman–Crippen MR) is 65.9 cm³/mol. The number of alkyl halides is 1. The van der Waals surface area contributed by atoms with Crippen LogP contribution in [0.15, 0.2) is 24.3 Å². The summed E-state index contributed by atoms with van der Waals surface area (Å²) in [4.78, 5) is 11.4. The molecule has 1 aromatic rings. The summed E-state index contributed by atoms with van der Waals surface area (Å²) < 4.78 is 10.2. The van der Waals surface area contributed by atoms with Crippen molar-refractivity contribution in [2.75, 3.05) is 0 Å². The number of rotatable bonds is 2. The molecular weight excluding hydrogens is 272 g/mol. The molecule has 0 saturated heterocycles. The van der Waals surface area contributed by atoms with E-state index in [1.165, 1.54) is 0 Å². The minimum absolute atomic E-state index is 0.522. The number of carbonyl (C=O) groups excluding carboxylic acids is 1. The van der Waals surface area contributed by atoms with E-state index in [9.17, 15) is 4.79 Å². The van der Waals surface area contributed by atoms with Crippen molar-refractivity contribution < 1.29 is 14.3 Å². The summed E-state index contributed by atoms with van der Waals surface area (Å²) in [6, 6.07) is 7.32. The lowest BCUT2D eigenvalue weighted by molar-refractivity contribution is 0.0205. The Bertz CT molecular complexity index is 369. The van der Waals surface area contributed by atoms with Crippen LogP contribution in [0.25, 0.3) is 0 Å². The van der Waals surface area contributed by atoms with Crippen LogP contribution in [0.4, 0.5) is 4.79 Å². The quantitative estimate of drug-likeness (QED) is 0.470. The highest BCUT2D eigenvalue weighted by atomic mass is 79.9. The van der Waals surface area contributed by atoms with Crippen molar-refractivity contribution in [1.82, 2.24) is 0 Å². The van der Waals surface area contributed by atoms with E-state index in [4.69, 9.17) is 9.47 Å². The summed E-state index contributed by atoms with van der Waals surface area (Å²) in [6.45, 7) is 5.39. The van der Waals surface area contributed by atoms with Crippen molar-refractivity contribution >= 4 is 22.1 Å². The molecule has 0 aliphatic heterocycles. The Labute approximate surface area is 104 Å². The van der Waals surface area contributed by atoms with Crippen LogP contribution in [0.5, 0.6) is 5.75 Å². The third kappa shape index (κ3) is 4.23. The van der Waals surface area contributed by atoms with Crippen molar-refractivity contribution in [3.05, 3.63) is 29.8 Å². The molecular formula is C12H15BrO3. The zero-order chi connectivity index (χ0) is 12.2. The van der Waals surface area contributed by atoms with Gasteiger partial charge in [-0.3, -0.25) is 0 Å². The van der Waals surface area contributed by atoms with Gasteiger partial charge in [-0.25, -0.2) is 4.79 Å². The standard InChI is InChI=1S/C12H15BrO3/c1-12(2,3)16-11(14)15-10-7-5-4-6-9(10)8-13/h4-7H,8H2,1-3H3. The first kappa shape index (κ1) is 13.0. The van der Waals surface area contributed by atoms with Crippen molar-refractivity contribution in [2.24, 2.45) is 0 Å². The van der Waals surface area contributed by atoms with Crippen molar-refractivity contribution in [1.29, 1.82) is 0 Å². The summed E-state index contributed by atoms with van der Waals surface area (Å²) in [5, 5.41) is 0.631. The average molecular weight is 287 g/mol. The Morgan fingerprint density at radius 3 is 2.50 bits per heavy atom. The smallest absolute Gasteiger partial charge is 0.428 e. The molecule has 1 rings (SSSR count). The molecule has 0 fully saturated rings. The average Bonchev–Trinajstić information content (AvgIpc) is 2.15. The van der Waals surface area contributed by atoms with Gasteiger partial charge in [0, 0.05) is 10.9 Å². The van der Waals surface area contributed by atoms with Gasteiger partial charge in [0.25, 0.3) is 0 Å². The Hall–Kier alpha value is -1.03. The number of benzene rings is 1. The molecule has 0 aromatic heterocycles. The topological polar surface area (TPSA) is 35.5 Å². The Morgan fingerprint density at radius 1 is 1.31 bits per heavy atom. The first-order valence-corrected chi connectivity index (χ1v) is 6.09. The first-order chi connectivity index (χ1) is 7.42. The number of carbonyl (C=O) groups is 1. The van der Waals surface area contributed by atoms with Crippen LogP contribution >= 0.6 is 15.9 Å². The van der Waals surface area contributed by atoms with Crippen LogP contribution in [0.2, 0.25) is 0 Å². The third-order valence-corrected chi connectivity index (χ3v) is 2.30. The molecule has 1 aromatic carbocycles. The van der Waals surface area contributed by atoms with E-state index in [0.717, 1.165) is 5.56 Å². The number of hydrogen-bond donors (Lipinski definition) is 0. The van der Waals surface area contributed by atoms with E-state index in [1.807, 2.05) is 18.2 Å². The third-order valence-electron chi connectivity index (χ3n) is 1.70. The molecule has 0 aliphatic carbocycles. The summed E-state index contributed by atoms with van der Waals surface area (Å²) in [5.41, 5.74) is 0.369. The van der Waals surface area contributed by atoms with E-state index in [-0.39, 0.29) is 0 Å². The summed E-state index contributed by atoms with van der Waals surface area (Å²) >= 11 is 3.33. The van der Waals surface area contributed by atoms with Gasteiger partial charge in [0.1, 0.15) is 11.4 Å². The molecule has 0 bridgehead atoms. The van der Waals surface area contributed by atoms with E-state index in [1.54, 1.807) is 26.8 Å². The van der Waals surface area contributed by atoms with E-state index >= 15 is 0 Å². The fourth-order valence-corrected chi connectivity index (χ4v) is 1.54. The number of ether oxygens (including phenoxy) is 2. The molecule has 0 atom stereocenters. The van der Waals surface area contributed by atoms with Crippen molar-refractivity contribution in [3.8, 4) is 5.75 Å². The van der Waals surface area contributed by atoms with E-state index in [0.29, 0.717) is 11.1 Å². The van der Waals surface area contributed by atoms with Gasteiger partial charge < -0.3 is 9.47 Å². The highest BCUT2D eigenvalue weighted by molar-refractivity contribution is 9.08. The van der Waals surface area contributed by atoms with Gasteiger partial charge in [0.05, 0.1) is 0 Å². The zero-order valence-electron chi connectivity index (χ0n) is 9.62. The number of hydrogen-bond acceptors (Lipinski definition) is 3. The minimum Gasteiger partial charge on any atom is -0.428 e. The summed E-state index contributed by atoms with van der Waals surface area (Å²) in [5.74, 6) is 0.522. The van der Waals surface area contributed by atoms with Crippen LogP contribution in [0.1, 0.15) is 26.3 Å². The van der Waals surface area contributed by atoms with Gasteiger partial charge in [-0.1, -0.05) is 34.1 Å². The van der Waals surface area contributed by atoms with E-state index < -0.39 is 11.8 Å². The molecule has 0 amide bonds. The highest BCUT2D eigenvalue weighted by Crippen LogP contribution is 2.21. The molecule has 0 saturated carbocycles. The van der Waals surface area contributed by atoms with Gasteiger partial charge in [-0.05, 0) is 26.8 Å². The second-order valence-electron chi connectivity index (χ2n) is 4.31. The molecule has 88 valence electrons. The maximum atomic E-state index is 11.4. The SMILES string of the molecule is CC(C)(C)OC(=O)Oc1ccccc1CBr. The van der Waals surface area contributed by atoms with Gasteiger partial charge in [0.15, 0.2) is 0 Å². The molecule has 0 N–H and O–H groups in total. The molecule has 0 spiro atoms. The molecule has 3 nitrogen and oxygen atoms in total. The number of para-hydroxylation sites is 1. The Kier molecular flexibility index (Phi) is 4.35. The maximum Gasteiger partial charge on any atom is 0.514 e. The van der Waals surface area contributed by atoms with Gasteiger partial charge in [0.2, 0.25) is 0 Å². The van der Waals surface area contributed by atoms with Crippen LogP contribution in [0, 0.1) is 0 Å². The molecule has 0 heterocycles. The second-order valence-corrected chi connectivity index (χ2v) is 4.87. The van der Waals surface area contributed by atoms with Crippen LogP contribution in [0.3, 0.4) is 0 Å². The van der Waals surface area contributed by atoms with Crippen LogP contribution < -0.4 is 4.74 Å². The van der Waals surface area contributed by atoms with Crippen LogP contribution in [-0.2, 0) is 10.1 Å². The molecule has 16 heavy (non-hydrogen) atoms. The van der Waals surface area contributed by atoms with Gasteiger partial charge >= 0.3 is 6.16 Å². The lowest BCUT2D eigenvalue weighted by atomic mass is 10.2. The second kappa shape index (κ2) is 5.34. The molecule has 0 aliphatic rings. The molecule has 4 heteroatoms. The molecule has 0 unspecified atom stereocenters. The lowest BCUT2D eigenvalue weighted by Crippen LogP contribution is -2.26. The van der Waals surface area contributed by atoms with Gasteiger partial charge in [-0.15, -0.1) is 0 Å². The monoisotopic (exact) mass is 286 g/mol. The normalized spacial score (nSPS) is 11.0. The minimum atomic E-state index is -0.680. The fourth-order valence-electron chi connectivity index (χ4n) is 1.07. The Morgan fingerprint density at radius 2 is 1.94 bits per heavy atom. The van der Waals surface area contributed by atoms with Crippen LogP contribution in [-0.4, -0.2) is 11.8 Å². The highest BCUT2D eigenvalue weighted by Gasteiger charge is 2.18. The predicted octanol–water partition coefficient (Wildman–Crippen LogP) is 3.90. The lowest BCUT2D eigenvalue weighted by Gasteiger charge is -2.19. The van der Waals surface area contributed by atoms with Crippen molar-refractivity contribution in [2.45, 2.75) is 31.7 Å². The molecule has 0 radical (unpaired) electrons. The van der Waals surface area contributed by atoms with Crippen molar-refractivity contribution in [3.63, 3.8) is 0 Å². The zero-order valence-corrected chi connectivity index (χ0v) is 11.2. The summed E-state index contributed by atoms with van der Waals surface area (Å²) in [6.07, 6.45) is -0.680. The number of halogens is 1. The first-order valence-electron chi connectivity index (χ1n) is 4.97. The van der Waals surface area contributed by atoms with Gasteiger partial charge in [-0.2, -0.15) is 0 Å². The largest absolute Gasteiger partial charge is 0.514 e.